The van der Waals surface area contributed by atoms with Crippen molar-refractivity contribution in [3.8, 4) is 0 Å². The maximum Gasteiger partial charge on any atom is 2.00 e. The average Bonchev–Trinajstić information content (AvgIpc) is 2.63. The molecule has 0 saturated heterocycles. The molecule has 1 nitrogen and oxygen atoms in total. The van der Waals surface area contributed by atoms with Gasteiger partial charge in [-0.2, -0.15) is 0 Å². The maximum atomic E-state index is 10.2. The number of hydrogen-bond acceptors (Lipinski definition) is 1. The Kier molecular flexibility index (Phi) is 9.27. The second-order valence-electron chi connectivity index (χ2n) is 4.92. The van der Waals surface area contributed by atoms with Gasteiger partial charge in [0.15, 0.2) is 0 Å². The van der Waals surface area contributed by atoms with Crippen molar-refractivity contribution >= 4 is 0 Å². The number of benzene rings is 1. The standard InChI is InChI=1S/C15H18O.2ClH.Ti/c1-11-7-6-9-12(11)13-8-4-5-10-14(13)15(2,3)16;;;/h4-10,12,16H,1-3H3;2*1H;/q;;;+2/p-2. The summed E-state index contributed by atoms with van der Waals surface area (Å²) in [5, 5.41) is 10.2. The molecule has 0 aliphatic heterocycles. The Bertz CT molecular complexity index is 461. The Labute approximate surface area is 142 Å². The van der Waals surface area contributed by atoms with Gasteiger partial charge in [0.05, 0.1) is 5.60 Å². The van der Waals surface area contributed by atoms with Crippen molar-refractivity contribution in [1.82, 2.24) is 0 Å². The van der Waals surface area contributed by atoms with Crippen LogP contribution in [0.3, 0.4) is 0 Å². The number of hydrogen-bond donors (Lipinski definition) is 1. The van der Waals surface area contributed by atoms with Crippen LogP contribution in [-0.2, 0) is 27.3 Å². The quantitative estimate of drug-likeness (QED) is 0.595. The van der Waals surface area contributed by atoms with Gasteiger partial charge >= 0.3 is 21.7 Å². The van der Waals surface area contributed by atoms with Crippen molar-refractivity contribution in [2.24, 2.45) is 0 Å². The summed E-state index contributed by atoms with van der Waals surface area (Å²) in [6, 6.07) is 8.12. The van der Waals surface area contributed by atoms with Crippen molar-refractivity contribution in [3.05, 3.63) is 59.2 Å². The van der Waals surface area contributed by atoms with E-state index in [1.807, 2.05) is 32.0 Å². The van der Waals surface area contributed by atoms with Crippen LogP contribution in [0.15, 0.2) is 48.1 Å². The van der Waals surface area contributed by atoms with Crippen molar-refractivity contribution in [2.45, 2.75) is 32.3 Å². The number of halogens is 2. The molecule has 0 heterocycles. The first kappa shape index (κ1) is 21.3. The summed E-state index contributed by atoms with van der Waals surface area (Å²) >= 11 is 0. The Morgan fingerprint density at radius 3 is 2.16 bits per heavy atom. The Balaban J connectivity index is 0. The molecule has 0 amide bonds. The zero-order valence-electron chi connectivity index (χ0n) is 11.3. The first-order valence-corrected chi connectivity index (χ1v) is 5.67. The molecule has 102 valence electrons. The molecule has 0 spiro atoms. The molecule has 19 heavy (non-hydrogen) atoms. The molecule has 0 fully saturated rings. The molecule has 1 aromatic carbocycles. The molecule has 1 aromatic rings. The molecular weight excluding hydrogens is 315 g/mol. The van der Waals surface area contributed by atoms with Gasteiger partial charge in [0, 0.05) is 5.92 Å². The van der Waals surface area contributed by atoms with Gasteiger partial charge < -0.3 is 29.9 Å². The summed E-state index contributed by atoms with van der Waals surface area (Å²) in [7, 11) is 0. The summed E-state index contributed by atoms with van der Waals surface area (Å²) in [5.74, 6) is 0.322. The summed E-state index contributed by atoms with van der Waals surface area (Å²) in [6.45, 7) is 5.80. The minimum atomic E-state index is -0.784. The summed E-state index contributed by atoms with van der Waals surface area (Å²) in [5.41, 5.74) is 2.77. The second-order valence-corrected chi connectivity index (χ2v) is 4.92. The van der Waals surface area contributed by atoms with Crippen LogP contribution in [0.4, 0.5) is 0 Å². The van der Waals surface area contributed by atoms with Crippen LogP contribution in [0, 0.1) is 0 Å². The van der Waals surface area contributed by atoms with Crippen LogP contribution in [0.2, 0.25) is 0 Å². The predicted octanol–water partition coefficient (Wildman–Crippen LogP) is -2.48. The Morgan fingerprint density at radius 1 is 1.11 bits per heavy atom. The van der Waals surface area contributed by atoms with Crippen molar-refractivity contribution < 1.29 is 51.6 Å². The van der Waals surface area contributed by atoms with Gasteiger partial charge in [0.25, 0.3) is 0 Å². The van der Waals surface area contributed by atoms with Gasteiger partial charge in [-0.1, -0.05) is 48.1 Å². The molecule has 0 saturated carbocycles. The third-order valence-corrected chi connectivity index (χ3v) is 3.11. The SMILES string of the molecule is CC1=CC=CC1c1ccccc1C(C)(C)O.[Cl-].[Cl-].[Ti+2]. The minimum Gasteiger partial charge on any atom is -1.00 e. The van der Waals surface area contributed by atoms with Crippen molar-refractivity contribution in [2.75, 3.05) is 0 Å². The second kappa shape index (κ2) is 8.29. The number of aliphatic hydroxyl groups is 1. The first-order chi connectivity index (χ1) is 7.50. The largest absolute Gasteiger partial charge is 2.00 e. The maximum absolute atomic E-state index is 10.2. The molecule has 4 heteroatoms. The van der Waals surface area contributed by atoms with Crippen LogP contribution in [0.5, 0.6) is 0 Å². The molecule has 0 aromatic heterocycles. The molecule has 0 bridgehead atoms. The Hall–Kier alpha value is -0.0457. The topological polar surface area (TPSA) is 20.2 Å². The number of allylic oxidation sites excluding steroid dienone is 4. The van der Waals surface area contributed by atoms with E-state index < -0.39 is 5.60 Å². The van der Waals surface area contributed by atoms with Crippen LogP contribution in [0.1, 0.15) is 37.8 Å². The van der Waals surface area contributed by atoms with E-state index >= 15 is 0 Å². The summed E-state index contributed by atoms with van der Waals surface area (Å²) in [4.78, 5) is 0. The van der Waals surface area contributed by atoms with Crippen LogP contribution in [0.25, 0.3) is 0 Å². The fourth-order valence-corrected chi connectivity index (χ4v) is 2.25. The minimum absolute atomic E-state index is 0. The van der Waals surface area contributed by atoms with E-state index in [1.54, 1.807) is 0 Å². The van der Waals surface area contributed by atoms with Gasteiger partial charge in [-0.05, 0) is 31.9 Å². The zero-order chi connectivity index (χ0) is 11.8. The molecular formula is C15H18Cl2OTi. The normalized spacial score (nSPS) is 16.8. The van der Waals surface area contributed by atoms with Gasteiger partial charge in [0.2, 0.25) is 0 Å². The van der Waals surface area contributed by atoms with Gasteiger partial charge in [0.1, 0.15) is 0 Å². The molecule has 1 N–H and O–H groups in total. The molecule has 1 aliphatic carbocycles. The fraction of sp³-hybridized carbons (Fsp3) is 0.333. The average molecular weight is 333 g/mol. The van der Waals surface area contributed by atoms with Gasteiger partial charge in [-0.3, -0.25) is 0 Å². The van der Waals surface area contributed by atoms with Gasteiger partial charge in [-0.15, -0.1) is 0 Å². The molecule has 1 unspecified atom stereocenters. The third-order valence-electron chi connectivity index (χ3n) is 3.11. The third kappa shape index (κ3) is 4.77. The Morgan fingerprint density at radius 2 is 1.68 bits per heavy atom. The van der Waals surface area contributed by atoms with Crippen LogP contribution >= 0.6 is 0 Å². The molecule has 1 atom stereocenters. The van der Waals surface area contributed by atoms with Crippen LogP contribution in [-0.4, -0.2) is 5.11 Å². The van der Waals surface area contributed by atoms with E-state index in [9.17, 15) is 5.11 Å². The molecule has 1 aliphatic rings. The monoisotopic (exact) mass is 332 g/mol. The van der Waals surface area contributed by atoms with Crippen molar-refractivity contribution in [1.29, 1.82) is 0 Å². The molecule has 2 rings (SSSR count). The predicted molar refractivity (Wildman–Crippen MR) is 67.3 cm³/mol. The number of rotatable bonds is 2. The molecule has 0 radical (unpaired) electrons. The fourth-order valence-electron chi connectivity index (χ4n) is 2.25. The van der Waals surface area contributed by atoms with E-state index in [0.29, 0.717) is 5.92 Å². The van der Waals surface area contributed by atoms with Gasteiger partial charge in [-0.25, -0.2) is 0 Å². The summed E-state index contributed by atoms with van der Waals surface area (Å²) in [6.07, 6.45) is 6.40. The van der Waals surface area contributed by atoms with E-state index in [-0.39, 0.29) is 46.5 Å². The van der Waals surface area contributed by atoms with Crippen LogP contribution < -0.4 is 24.8 Å². The zero-order valence-corrected chi connectivity index (χ0v) is 14.4. The smallest absolute Gasteiger partial charge is 1.00 e. The summed E-state index contributed by atoms with van der Waals surface area (Å²) < 4.78 is 0. The van der Waals surface area contributed by atoms with E-state index in [1.165, 1.54) is 11.1 Å². The van der Waals surface area contributed by atoms with E-state index in [4.69, 9.17) is 0 Å². The van der Waals surface area contributed by atoms with E-state index in [2.05, 4.69) is 31.2 Å². The first-order valence-electron chi connectivity index (χ1n) is 5.67. The van der Waals surface area contributed by atoms with Crippen molar-refractivity contribution in [3.63, 3.8) is 0 Å². The van der Waals surface area contributed by atoms with E-state index in [0.717, 1.165) is 5.56 Å².